The number of amides is 1. The minimum Gasteiger partial charge on any atom is -0.497 e. The average molecular weight is 340 g/mol. The molecule has 132 valence electrons. The van der Waals surface area contributed by atoms with Gasteiger partial charge in [0.05, 0.1) is 13.7 Å². The van der Waals surface area contributed by atoms with Crippen LogP contribution in [0.4, 0.5) is 5.69 Å². The van der Waals surface area contributed by atoms with Crippen LogP contribution in [0, 0.1) is 0 Å². The number of benzene rings is 2. The zero-order chi connectivity index (χ0) is 18.1. The van der Waals surface area contributed by atoms with Crippen molar-refractivity contribution in [3.8, 4) is 5.75 Å². The standard InChI is InChI=1S/C19H24N4O2/c1-3-11-21-18(24)15-6-4-5-14(12-15)13-22-19(20)23-16-7-9-17(25-2)10-8-16/h4-10,12H,3,11,13H2,1-2H3,(H,21,24)(H3,20,22,23). The molecule has 1 amide bonds. The van der Waals surface area contributed by atoms with Gasteiger partial charge in [0.1, 0.15) is 5.75 Å². The van der Waals surface area contributed by atoms with E-state index in [-0.39, 0.29) is 5.91 Å². The third kappa shape index (κ3) is 5.84. The van der Waals surface area contributed by atoms with E-state index in [0.29, 0.717) is 24.6 Å². The van der Waals surface area contributed by atoms with E-state index in [9.17, 15) is 4.79 Å². The van der Waals surface area contributed by atoms with Gasteiger partial charge in [-0.25, -0.2) is 4.99 Å². The zero-order valence-electron chi connectivity index (χ0n) is 14.6. The third-order valence-electron chi connectivity index (χ3n) is 3.52. The van der Waals surface area contributed by atoms with Crippen LogP contribution in [0.1, 0.15) is 29.3 Å². The highest BCUT2D eigenvalue weighted by molar-refractivity contribution is 5.94. The molecule has 0 radical (unpaired) electrons. The zero-order valence-corrected chi connectivity index (χ0v) is 14.6. The molecule has 6 nitrogen and oxygen atoms in total. The Bertz CT molecular complexity index is 726. The van der Waals surface area contributed by atoms with Crippen molar-refractivity contribution in [3.63, 3.8) is 0 Å². The van der Waals surface area contributed by atoms with Crippen molar-refractivity contribution in [2.24, 2.45) is 10.7 Å². The second-order valence-electron chi connectivity index (χ2n) is 5.51. The first-order chi connectivity index (χ1) is 12.1. The second-order valence-corrected chi connectivity index (χ2v) is 5.51. The third-order valence-corrected chi connectivity index (χ3v) is 3.52. The van der Waals surface area contributed by atoms with Gasteiger partial charge in [-0.15, -0.1) is 0 Å². The molecule has 0 unspecified atom stereocenters. The van der Waals surface area contributed by atoms with E-state index in [1.165, 1.54) is 0 Å². The minimum absolute atomic E-state index is 0.0722. The molecule has 0 aliphatic carbocycles. The SMILES string of the molecule is CCCNC(=O)c1cccc(CN=C(N)Nc2ccc(OC)cc2)c1. The number of hydrogen-bond acceptors (Lipinski definition) is 3. The van der Waals surface area contributed by atoms with Gasteiger partial charge >= 0.3 is 0 Å². The predicted molar refractivity (Wildman–Crippen MR) is 101 cm³/mol. The number of hydrogen-bond donors (Lipinski definition) is 3. The molecule has 2 rings (SSSR count). The summed E-state index contributed by atoms with van der Waals surface area (Å²) in [6.07, 6.45) is 0.906. The van der Waals surface area contributed by atoms with Crippen molar-refractivity contribution in [2.45, 2.75) is 19.9 Å². The first-order valence-electron chi connectivity index (χ1n) is 8.20. The number of nitrogens with two attached hydrogens (primary N) is 1. The van der Waals surface area contributed by atoms with Gasteiger partial charge in [0.2, 0.25) is 0 Å². The topological polar surface area (TPSA) is 88.7 Å². The van der Waals surface area contributed by atoms with Gasteiger partial charge in [-0.3, -0.25) is 4.79 Å². The van der Waals surface area contributed by atoms with E-state index in [0.717, 1.165) is 23.4 Å². The number of nitrogens with one attached hydrogen (secondary N) is 2. The molecule has 0 bridgehead atoms. The van der Waals surface area contributed by atoms with Crippen molar-refractivity contribution in [2.75, 3.05) is 19.0 Å². The van der Waals surface area contributed by atoms with Gasteiger partial charge in [-0.05, 0) is 48.4 Å². The fourth-order valence-corrected chi connectivity index (χ4v) is 2.19. The van der Waals surface area contributed by atoms with Crippen LogP contribution in [-0.4, -0.2) is 25.5 Å². The maximum atomic E-state index is 12.0. The van der Waals surface area contributed by atoms with E-state index in [1.54, 1.807) is 13.2 Å². The van der Waals surface area contributed by atoms with E-state index >= 15 is 0 Å². The number of carbonyl (C=O) groups is 1. The van der Waals surface area contributed by atoms with Gasteiger partial charge in [0.25, 0.3) is 5.91 Å². The fraction of sp³-hybridized carbons (Fsp3) is 0.263. The predicted octanol–water partition coefficient (Wildman–Crippen LogP) is 2.76. The smallest absolute Gasteiger partial charge is 0.251 e. The minimum atomic E-state index is -0.0722. The number of methoxy groups -OCH3 is 1. The molecule has 0 saturated carbocycles. The number of guanidine groups is 1. The molecule has 2 aromatic rings. The molecule has 0 atom stereocenters. The quantitative estimate of drug-likeness (QED) is 0.534. The lowest BCUT2D eigenvalue weighted by molar-refractivity contribution is 0.0953. The highest BCUT2D eigenvalue weighted by atomic mass is 16.5. The van der Waals surface area contributed by atoms with Crippen LogP contribution in [0.15, 0.2) is 53.5 Å². The van der Waals surface area contributed by atoms with Crippen LogP contribution in [0.3, 0.4) is 0 Å². The van der Waals surface area contributed by atoms with Crippen LogP contribution in [0.25, 0.3) is 0 Å². The van der Waals surface area contributed by atoms with Crippen LogP contribution < -0.4 is 21.1 Å². The molecule has 0 heterocycles. The number of rotatable bonds is 7. The number of carbonyl (C=O) groups excluding carboxylic acids is 1. The Labute approximate surface area is 148 Å². The Morgan fingerprint density at radius 3 is 2.64 bits per heavy atom. The van der Waals surface area contributed by atoms with Crippen molar-refractivity contribution >= 4 is 17.6 Å². The number of aliphatic imine (C=N–C) groups is 1. The summed E-state index contributed by atoms with van der Waals surface area (Å²) in [5.41, 5.74) is 8.29. The molecule has 6 heteroatoms. The van der Waals surface area contributed by atoms with Crippen LogP contribution in [0.2, 0.25) is 0 Å². The summed E-state index contributed by atoms with van der Waals surface area (Å²) in [7, 11) is 1.62. The molecule has 0 aliphatic heterocycles. The van der Waals surface area contributed by atoms with Crippen LogP contribution in [-0.2, 0) is 6.54 Å². The highest BCUT2D eigenvalue weighted by Crippen LogP contribution is 2.14. The Balaban J connectivity index is 1.96. The maximum Gasteiger partial charge on any atom is 0.251 e. The maximum absolute atomic E-state index is 12.0. The number of nitrogens with zero attached hydrogens (tertiary/aromatic N) is 1. The monoisotopic (exact) mass is 340 g/mol. The van der Waals surface area contributed by atoms with Gasteiger partial charge in [-0.1, -0.05) is 19.1 Å². The molecule has 4 N–H and O–H groups in total. The molecule has 25 heavy (non-hydrogen) atoms. The van der Waals surface area contributed by atoms with E-state index in [4.69, 9.17) is 10.5 Å². The first kappa shape index (κ1) is 18.3. The van der Waals surface area contributed by atoms with E-state index in [2.05, 4.69) is 15.6 Å². The van der Waals surface area contributed by atoms with Crippen molar-refractivity contribution in [1.82, 2.24) is 5.32 Å². The lowest BCUT2D eigenvalue weighted by Gasteiger charge is -2.07. The summed E-state index contributed by atoms with van der Waals surface area (Å²) in [5, 5.41) is 5.88. The van der Waals surface area contributed by atoms with Crippen molar-refractivity contribution in [1.29, 1.82) is 0 Å². The highest BCUT2D eigenvalue weighted by Gasteiger charge is 2.05. The van der Waals surface area contributed by atoms with Gasteiger partial charge in [-0.2, -0.15) is 0 Å². The Morgan fingerprint density at radius 1 is 1.20 bits per heavy atom. The van der Waals surface area contributed by atoms with E-state index < -0.39 is 0 Å². The van der Waals surface area contributed by atoms with Gasteiger partial charge in [0, 0.05) is 17.8 Å². The summed E-state index contributed by atoms with van der Waals surface area (Å²) in [4.78, 5) is 16.3. The summed E-state index contributed by atoms with van der Waals surface area (Å²) >= 11 is 0. The molecule has 0 aliphatic rings. The second kappa shape index (κ2) is 9.32. The largest absolute Gasteiger partial charge is 0.497 e. The summed E-state index contributed by atoms with van der Waals surface area (Å²) in [6.45, 7) is 3.08. The molecule has 2 aromatic carbocycles. The lowest BCUT2D eigenvalue weighted by Crippen LogP contribution is -2.24. The van der Waals surface area contributed by atoms with Crippen LogP contribution >= 0.6 is 0 Å². The molecule has 0 saturated heterocycles. The van der Waals surface area contributed by atoms with Gasteiger partial charge in [0.15, 0.2) is 5.96 Å². The first-order valence-corrected chi connectivity index (χ1v) is 8.20. The molecule has 0 aromatic heterocycles. The average Bonchev–Trinajstić information content (AvgIpc) is 2.65. The Kier molecular flexibility index (Phi) is 6.83. The Morgan fingerprint density at radius 2 is 1.96 bits per heavy atom. The normalized spacial score (nSPS) is 11.0. The molecular formula is C19H24N4O2. The number of ether oxygens (including phenoxy) is 1. The summed E-state index contributed by atoms with van der Waals surface area (Å²) in [6, 6.07) is 14.8. The van der Waals surface area contributed by atoms with Gasteiger partial charge < -0.3 is 21.1 Å². The summed E-state index contributed by atoms with van der Waals surface area (Å²) in [5.74, 6) is 1.02. The molecule has 0 spiro atoms. The number of anilines is 1. The van der Waals surface area contributed by atoms with Crippen LogP contribution in [0.5, 0.6) is 5.75 Å². The van der Waals surface area contributed by atoms with Crippen molar-refractivity contribution in [3.05, 3.63) is 59.7 Å². The lowest BCUT2D eigenvalue weighted by atomic mass is 10.1. The van der Waals surface area contributed by atoms with Crippen molar-refractivity contribution < 1.29 is 9.53 Å². The summed E-state index contributed by atoms with van der Waals surface area (Å²) < 4.78 is 5.11. The van der Waals surface area contributed by atoms with E-state index in [1.807, 2.05) is 49.4 Å². The Hall–Kier alpha value is -3.02. The fourth-order valence-electron chi connectivity index (χ4n) is 2.19. The molecular weight excluding hydrogens is 316 g/mol. The molecule has 0 fully saturated rings.